The average molecular weight is 397 g/mol. The van der Waals surface area contributed by atoms with Crippen molar-refractivity contribution in [3.05, 3.63) is 35.1 Å². The molecule has 6 nitrogen and oxygen atoms in total. The van der Waals surface area contributed by atoms with Crippen LogP contribution in [0.3, 0.4) is 0 Å². The van der Waals surface area contributed by atoms with Crippen LogP contribution in [-0.4, -0.2) is 85.0 Å². The van der Waals surface area contributed by atoms with Crippen molar-refractivity contribution < 1.29 is 0 Å². The molecule has 0 amide bonds. The first kappa shape index (κ1) is 21.7. The van der Waals surface area contributed by atoms with Crippen LogP contribution in [0, 0.1) is 29.7 Å². The first-order chi connectivity index (χ1) is 14.1. The Morgan fingerprint density at radius 1 is 1.03 bits per heavy atom. The zero-order valence-electron chi connectivity index (χ0n) is 18.2. The van der Waals surface area contributed by atoms with Crippen LogP contribution in [0.2, 0.25) is 0 Å². The lowest BCUT2D eigenvalue weighted by Crippen LogP contribution is -2.42. The summed E-state index contributed by atoms with van der Waals surface area (Å²) in [6.07, 6.45) is 8.05. The molecule has 2 fully saturated rings. The minimum atomic E-state index is 0.254. The van der Waals surface area contributed by atoms with Gasteiger partial charge in [-0.2, -0.15) is 0 Å². The Balaban J connectivity index is 1.56. The number of allylic oxidation sites excluding steroid dienone is 1. The lowest BCUT2D eigenvalue weighted by molar-refractivity contribution is 0.130. The molecule has 3 aliphatic heterocycles. The van der Waals surface area contributed by atoms with Crippen LogP contribution in [0.15, 0.2) is 23.7 Å². The lowest BCUT2D eigenvalue weighted by atomic mass is 9.92. The zero-order valence-corrected chi connectivity index (χ0v) is 18.2. The number of hydrogen-bond acceptors (Lipinski definition) is 5. The molecular weight excluding hydrogens is 360 g/mol. The maximum absolute atomic E-state index is 9.54. The highest BCUT2D eigenvalue weighted by atomic mass is 15.4. The van der Waals surface area contributed by atoms with Gasteiger partial charge in [0.2, 0.25) is 0 Å². The summed E-state index contributed by atoms with van der Waals surface area (Å²) in [6, 6.07) is 2.15. The first-order valence-electron chi connectivity index (χ1n) is 11.2. The third-order valence-corrected chi connectivity index (χ3v) is 6.34. The number of hydrogen-bond donors (Lipinski definition) is 0. The van der Waals surface area contributed by atoms with Gasteiger partial charge in [-0.25, -0.2) is 10.1 Å². The smallest absolute Gasteiger partial charge is 0.300 e. The summed E-state index contributed by atoms with van der Waals surface area (Å²) in [5.74, 6) is 2.39. The van der Waals surface area contributed by atoms with Gasteiger partial charge in [-0.1, -0.05) is 26.0 Å². The van der Waals surface area contributed by atoms with Crippen molar-refractivity contribution in [3.8, 4) is 6.07 Å². The van der Waals surface area contributed by atoms with E-state index in [1.54, 1.807) is 0 Å². The van der Waals surface area contributed by atoms with E-state index in [4.69, 9.17) is 6.57 Å². The summed E-state index contributed by atoms with van der Waals surface area (Å²) >= 11 is 0. The molecule has 0 spiro atoms. The zero-order chi connectivity index (χ0) is 20.6. The van der Waals surface area contributed by atoms with E-state index in [9.17, 15) is 5.26 Å². The summed E-state index contributed by atoms with van der Waals surface area (Å²) in [6.45, 7) is 22.5. The summed E-state index contributed by atoms with van der Waals surface area (Å²) in [7, 11) is 0. The highest BCUT2D eigenvalue weighted by Crippen LogP contribution is 2.25. The van der Waals surface area contributed by atoms with Gasteiger partial charge in [0.15, 0.2) is 0 Å². The fraction of sp³-hybridized carbons (Fsp3) is 0.739. The summed E-state index contributed by atoms with van der Waals surface area (Å²) in [5.41, 5.74) is 0.254. The number of rotatable bonds is 7. The van der Waals surface area contributed by atoms with Gasteiger partial charge in [0.25, 0.3) is 0 Å². The normalized spacial score (nSPS) is 27.7. The largest absolute Gasteiger partial charge is 0.365 e. The molecule has 2 saturated heterocycles. The van der Waals surface area contributed by atoms with Gasteiger partial charge in [-0.3, -0.25) is 4.90 Å². The molecule has 6 heteroatoms. The van der Waals surface area contributed by atoms with E-state index in [0.29, 0.717) is 0 Å². The fourth-order valence-corrected chi connectivity index (χ4v) is 5.13. The van der Waals surface area contributed by atoms with Crippen LogP contribution in [-0.2, 0) is 0 Å². The predicted octanol–water partition coefficient (Wildman–Crippen LogP) is 2.85. The van der Waals surface area contributed by atoms with Crippen LogP contribution >= 0.6 is 0 Å². The Kier molecular flexibility index (Phi) is 7.98. The Bertz CT molecular complexity index is 658. The van der Waals surface area contributed by atoms with E-state index in [-0.39, 0.29) is 5.70 Å². The minimum Gasteiger partial charge on any atom is -0.365 e. The van der Waals surface area contributed by atoms with E-state index in [1.165, 1.54) is 19.5 Å². The summed E-state index contributed by atoms with van der Waals surface area (Å²) in [5, 5.41) is 9.54. The van der Waals surface area contributed by atoms with Crippen molar-refractivity contribution in [2.24, 2.45) is 11.8 Å². The second-order valence-corrected chi connectivity index (χ2v) is 8.99. The third kappa shape index (κ3) is 5.98. The van der Waals surface area contributed by atoms with Crippen LogP contribution in [0.5, 0.6) is 0 Å². The molecule has 0 aromatic rings. The Morgan fingerprint density at radius 3 is 2.38 bits per heavy atom. The second kappa shape index (κ2) is 10.7. The molecule has 0 aromatic carbocycles. The molecule has 0 N–H and O–H groups in total. The maximum Gasteiger partial charge on any atom is 0.300 e. The van der Waals surface area contributed by atoms with Crippen LogP contribution in [0.4, 0.5) is 0 Å². The van der Waals surface area contributed by atoms with Gasteiger partial charge in [0.05, 0.1) is 12.6 Å². The Hall–Kier alpha value is -2.02. The monoisotopic (exact) mass is 396 g/mol. The van der Waals surface area contributed by atoms with Crippen molar-refractivity contribution in [1.82, 2.24) is 19.6 Å². The summed E-state index contributed by atoms with van der Waals surface area (Å²) in [4.78, 5) is 13.2. The molecule has 3 rings (SSSR count). The van der Waals surface area contributed by atoms with E-state index < -0.39 is 0 Å². The van der Waals surface area contributed by atoms with Crippen molar-refractivity contribution in [3.63, 3.8) is 0 Å². The van der Waals surface area contributed by atoms with Gasteiger partial charge < -0.3 is 14.7 Å². The quantitative estimate of drug-likeness (QED) is 0.376. The van der Waals surface area contributed by atoms with Gasteiger partial charge >= 0.3 is 5.70 Å². The van der Waals surface area contributed by atoms with E-state index in [1.807, 2.05) is 0 Å². The first-order valence-corrected chi connectivity index (χ1v) is 11.2. The van der Waals surface area contributed by atoms with Crippen LogP contribution < -0.4 is 0 Å². The molecule has 0 radical (unpaired) electrons. The number of piperidine rings is 1. The molecular formula is C23H36N6. The molecule has 0 bridgehead atoms. The van der Waals surface area contributed by atoms with Gasteiger partial charge in [0.1, 0.15) is 5.82 Å². The molecule has 158 valence electrons. The molecule has 29 heavy (non-hydrogen) atoms. The standard InChI is InChI=1S/C23H36N6/c1-20-16-21(2)19-27(18-20)12-13-29-15-14-28(23(29)22(17-24)25-3)11-7-10-26-8-5-4-6-9-26/h4-5,20-21H,6-16,18-19H2,1-2H3/b23-22+/t20-,21+. The van der Waals surface area contributed by atoms with E-state index >= 15 is 0 Å². The predicted molar refractivity (Wildman–Crippen MR) is 117 cm³/mol. The van der Waals surface area contributed by atoms with E-state index in [2.05, 4.69) is 56.5 Å². The van der Waals surface area contributed by atoms with Gasteiger partial charge in [-0.15, -0.1) is 0 Å². The lowest BCUT2D eigenvalue weighted by Gasteiger charge is -2.36. The molecule has 2 atom stereocenters. The van der Waals surface area contributed by atoms with Crippen molar-refractivity contribution in [2.75, 3.05) is 65.4 Å². The Labute approximate surface area is 176 Å². The van der Waals surface area contributed by atoms with Crippen molar-refractivity contribution >= 4 is 0 Å². The fourth-order valence-electron chi connectivity index (χ4n) is 5.13. The molecule has 3 aliphatic rings. The van der Waals surface area contributed by atoms with Gasteiger partial charge in [0, 0.05) is 65.4 Å². The topological polar surface area (TPSA) is 41.1 Å². The summed E-state index contributed by atoms with van der Waals surface area (Å²) < 4.78 is 0. The van der Waals surface area contributed by atoms with Gasteiger partial charge in [-0.05, 0) is 31.1 Å². The highest BCUT2D eigenvalue weighted by Gasteiger charge is 2.29. The molecule has 0 aromatic heterocycles. The number of nitrogens with zero attached hydrogens (tertiary/aromatic N) is 6. The minimum absolute atomic E-state index is 0.254. The van der Waals surface area contributed by atoms with Crippen molar-refractivity contribution in [1.29, 1.82) is 5.26 Å². The van der Waals surface area contributed by atoms with E-state index in [0.717, 1.165) is 82.9 Å². The Morgan fingerprint density at radius 2 is 1.76 bits per heavy atom. The van der Waals surface area contributed by atoms with Crippen molar-refractivity contribution in [2.45, 2.75) is 33.1 Å². The molecule has 3 heterocycles. The SMILES string of the molecule is [C-]#[N+]/C(C#N)=C1\N(CCCN2CC=CCC2)CCN1CCN1C[C@H](C)C[C@H](C)C1. The number of nitriles is 1. The molecule has 0 aliphatic carbocycles. The molecule has 0 saturated carbocycles. The maximum atomic E-state index is 9.54. The molecule has 0 unspecified atom stereocenters. The van der Waals surface area contributed by atoms with Crippen LogP contribution in [0.25, 0.3) is 4.85 Å². The third-order valence-electron chi connectivity index (χ3n) is 6.34. The van der Waals surface area contributed by atoms with Crippen LogP contribution in [0.1, 0.15) is 33.1 Å². The highest BCUT2D eigenvalue weighted by molar-refractivity contribution is 5.33. The second-order valence-electron chi connectivity index (χ2n) is 8.99. The number of likely N-dealkylation sites (tertiary alicyclic amines) is 1. The average Bonchev–Trinajstić information content (AvgIpc) is 3.10.